The molecule has 1 fully saturated rings. The largest absolute Gasteiger partial charge is 0.342 e. The summed E-state index contributed by atoms with van der Waals surface area (Å²) >= 11 is 0. The van der Waals surface area contributed by atoms with Gasteiger partial charge in [-0.15, -0.1) is 6.42 Å². The Morgan fingerprint density at radius 2 is 2.33 bits per heavy atom. The zero-order valence-corrected chi connectivity index (χ0v) is 9.75. The van der Waals surface area contributed by atoms with Crippen molar-refractivity contribution in [2.75, 3.05) is 0 Å². The van der Waals surface area contributed by atoms with Crippen molar-refractivity contribution < 1.29 is 4.79 Å². The van der Waals surface area contributed by atoms with E-state index in [4.69, 9.17) is 6.42 Å². The third-order valence-electron chi connectivity index (χ3n) is 3.29. The topological polar surface area (TPSA) is 29.1 Å². The van der Waals surface area contributed by atoms with Crippen LogP contribution in [0.1, 0.15) is 46.0 Å². The number of hydrogen-bond donors (Lipinski definition) is 1. The van der Waals surface area contributed by atoms with Crippen LogP contribution in [0.25, 0.3) is 0 Å². The molecule has 84 valence electrons. The van der Waals surface area contributed by atoms with E-state index in [1.807, 2.05) is 0 Å². The van der Waals surface area contributed by atoms with E-state index in [1.165, 1.54) is 12.8 Å². The molecule has 0 heterocycles. The van der Waals surface area contributed by atoms with E-state index >= 15 is 0 Å². The summed E-state index contributed by atoms with van der Waals surface area (Å²) in [4.78, 5) is 11.9. The molecule has 1 amide bonds. The summed E-state index contributed by atoms with van der Waals surface area (Å²) in [6.07, 6.45) is 10.6. The van der Waals surface area contributed by atoms with Crippen molar-refractivity contribution in [2.45, 2.75) is 52.0 Å². The number of hydrogen-bond acceptors (Lipinski definition) is 1. The maximum atomic E-state index is 11.9. The van der Waals surface area contributed by atoms with E-state index < -0.39 is 0 Å². The van der Waals surface area contributed by atoms with Crippen LogP contribution in [0, 0.1) is 24.2 Å². The lowest BCUT2D eigenvalue weighted by molar-refractivity contribution is -0.126. The van der Waals surface area contributed by atoms with E-state index in [9.17, 15) is 4.79 Å². The van der Waals surface area contributed by atoms with Crippen LogP contribution in [0.5, 0.6) is 0 Å². The van der Waals surface area contributed by atoms with Crippen LogP contribution in [0.3, 0.4) is 0 Å². The number of carbonyl (C=O) groups is 1. The molecule has 1 aliphatic carbocycles. The van der Waals surface area contributed by atoms with Crippen molar-refractivity contribution in [3.8, 4) is 12.3 Å². The molecule has 0 aromatic carbocycles. The van der Waals surface area contributed by atoms with Crippen LogP contribution in [-0.2, 0) is 4.79 Å². The Hall–Kier alpha value is -0.970. The summed E-state index contributed by atoms with van der Waals surface area (Å²) in [6.45, 7) is 4.23. The molecule has 2 heteroatoms. The minimum atomic E-state index is -0.0738. The average Bonchev–Trinajstić information content (AvgIpc) is 2.63. The van der Waals surface area contributed by atoms with Crippen molar-refractivity contribution in [2.24, 2.45) is 11.8 Å². The van der Waals surface area contributed by atoms with Crippen molar-refractivity contribution >= 4 is 5.91 Å². The Morgan fingerprint density at radius 3 is 2.80 bits per heavy atom. The van der Waals surface area contributed by atoms with Gasteiger partial charge in [-0.3, -0.25) is 4.79 Å². The van der Waals surface area contributed by atoms with Gasteiger partial charge in [-0.2, -0.15) is 0 Å². The molecule has 3 unspecified atom stereocenters. The summed E-state index contributed by atoms with van der Waals surface area (Å²) in [5.41, 5.74) is 0. The quantitative estimate of drug-likeness (QED) is 0.704. The number of terminal acetylenes is 1. The molecule has 0 bridgehead atoms. The molecule has 2 nitrogen and oxygen atoms in total. The molecule has 0 aromatic heterocycles. The van der Waals surface area contributed by atoms with Crippen LogP contribution < -0.4 is 5.32 Å². The molecule has 0 radical (unpaired) electrons. The second kappa shape index (κ2) is 5.80. The van der Waals surface area contributed by atoms with Gasteiger partial charge in [0.25, 0.3) is 0 Å². The van der Waals surface area contributed by atoms with E-state index in [-0.39, 0.29) is 17.9 Å². The molecular weight excluding hydrogens is 186 g/mol. The maximum Gasteiger partial charge on any atom is 0.224 e. The highest BCUT2D eigenvalue weighted by atomic mass is 16.1. The Bertz CT molecular complexity index is 254. The van der Waals surface area contributed by atoms with E-state index in [2.05, 4.69) is 25.1 Å². The normalized spacial score (nSPS) is 27.0. The Kier molecular flexibility index (Phi) is 4.68. The highest BCUT2D eigenvalue weighted by Crippen LogP contribution is 2.31. The van der Waals surface area contributed by atoms with Crippen LogP contribution >= 0.6 is 0 Å². The summed E-state index contributed by atoms with van der Waals surface area (Å²) < 4.78 is 0. The van der Waals surface area contributed by atoms with E-state index in [1.54, 1.807) is 0 Å². The van der Waals surface area contributed by atoms with Gasteiger partial charge in [-0.05, 0) is 25.2 Å². The van der Waals surface area contributed by atoms with E-state index in [0.717, 1.165) is 19.3 Å². The van der Waals surface area contributed by atoms with Gasteiger partial charge >= 0.3 is 0 Å². The molecule has 0 spiro atoms. The van der Waals surface area contributed by atoms with Gasteiger partial charge < -0.3 is 5.32 Å². The lowest BCUT2D eigenvalue weighted by atomic mass is 9.97. The van der Waals surface area contributed by atoms with Gasteiger partial charge in [0.15, 0.2) is 0 Å². The third kappa shape index (κ3) is 3.27. The second-order valence-electron chi connectivity index (χ2n) is 4.53. The molecule has 0 aliphatic heterocycles. The third-order valence-corrected chi connectivity index (χ3v) is 3.29. The van der Waals surface area contributed by atoms with Crippen LogP contribution in [0.4, 0.5) is 0 Å². The van der Waals surface area contributed by atoms with Crippen molar-refractivity contribution in [3.05, 3.63) is 0 Å². The first-order valence-corrected chi connectivity index (χ1v) is 5.95. The zero-order valence-electron chi connectivity index (χ0n) is 9.75. The number of nitrogens with one attached hydrogen (secondary N) is 1. The molecule has 0 aromatic rings. The Balaban J connectivity index is 2.43. The highest BCUT2D eigenvalue weighted by molar-refractivity contribution is 5.79. The number of carbonyl (C=O) groups excluding carboxylic acids is 1. The van der Waals surface area contributed by atoms with Crippen LogP contribution in [0.2, 0.25) is 0 Å². The lowest BCUT2D eigenvalue weighted by Gasteiger charge is -2.18. The standard InChI is InChI=1S/C13H21NO/c1-4-7-11(5-2)14-13(15)12-9-6-8-10(12)3/h2,10-12H,4,6-9H2,1,3H3,(H,14,15). The smallest absolute Gasteiger partial charge is 0.224 e. The first-order chi connectivity index (χ1) is 7.19. The van der Waals surface area contributed by atoms with Gasteiger partial charge in [0, 0.05) is 5.92 Å². The maximum absolute atomic E-state index is 11.9. The van der Waals surface area contributed by atoms with Crippen molar-refractivity contribution in [1.29, 1.82) is 0 Å². The van der Waals surface area contributed by atoms with E-state index in [0.29, 0.717) is 5.92 Å². The summed E-state index contributed by atoms with van der Waals surface area (Å²) in [5, 5.41) is 2.96. The minimum absolute atomic E-state index is 0.0738. The Labute approximate surface area is 92.8 Å². The fourth-order valence-electron chi connectivity index (χ4n) is 2.30. The van der Waals surface area contributed by atoms with Gasteiger partial charge in [0.05, 0.1) is 6.04 Å². The van der Waals surface area contributed by atoms with Crippen LogP contribution in [0.15, 0.2) is 0 Å². The average molecular weight is 207 g/mol. The number of rotatable bonds is 4. The van der Waals surface area contributed by atoms with Gasteiger partial charge in [-0.25, -0.2) is 0 Å². The molecule has 1 N–H and O–H groups in total. The van der Waals surface area contributed by atoms with Gasteiger partial charge in [0.1, 0.15) is 0 Å². The van der Waals surface area contributed by atoms with Gasteiger partial charge in [0.2, 0.25) is 5.91 Å². The fraction of sp³-hybridized carbons (Fsp3) is 0.769. The van der Waals surface area contributed by atoms with Crippen molar-refractivity contribution in [3.63, 3.8) is 0 Å². The van der Waals surface area contributed by atoms with Crippen LogP contribution in [-0.4, -0.2) is 11.9 Å². The summed E-state index contributed by atoms with van der Waals surface area (Å²) in [6, 6.07) is -0.0738. The zero-order chi connectivity index (χ0) is 11.3. The molecular formula is C13H21NO. The predicted octanol–water partition coefficient (Wildman–Crippen LogP) is 2.34. The first-order valence-electron chi connectivity index (χ1n) is 5.95. The fourth-order valence-corrected chi connectivity index (χ4v) is 2.30. The predicted molar refractivity (Wildman–Crippen MR) is 62.2 cm³/mol. The second-order valence-corrected chi connectivity index (χ2v) is 4.53. The Morgan fingerprint density at radius 1 is 1.60 bits per heavy atom. The molecule has 15 heavy (non-hydrogen) atoms. The summed E-state index contributed by atoms with van der Waals surface area (Å²) in [7, 11) is 0. The monoisotopic (exact) mass is 207 g/mol. The van der Waals surface area contributed by atoms with Gasteiger partial charge in [-0.1, -0.05) is 32.6 Å². The SMILES string of the molecule is C#CC(CCC)NC(=O)C1CCCC1C. The summed E-state index contributed by atoms with van der Waals surface area (Å²) in [5.74, 6) is 3.51. The van der Waals surface area contributed by atoms with Crippen molar-refractivity contribution in [1.82, 2.24) is 5.32 Å². The minimum Gasteiger partial charge on any atom is -0.342 e. The number of amides is 1. The highest BCUT2D eigenvalue weighted by Gasteiger charge is 2.30. The lowest BCUT2D eigenvalue weighted by Crippen LogP contribution is -2.38. The molecule has 0 saturated heterocycles. The molecule has 3 atom stereocenters. The molecule has 1 saturated carbocycles. The molecule has 1 aliphatic rings. The molecule has 1 rings (SSSR count). The first kappa shape index (κ1) is 12.1.